The molecule has 0 aliphatic heterocycles. The summed E-state index contributed by atoms with van der Waals surface area (Å²) in [5, 5.41) is 14.2. The number of hydrogen-bond donors (Lipinski definition) is 3. The van der Waals surface area contributed by atoms with Crippen LogP contribution in [-0.4, -0.2) is 32.7 Å². The molecule has 3 N–H and O–H groups in total. The van der Waals surface area contributed by atoms with E-state index < -0.39 is 0 Å². The topological polar surface area (TPSA) is 73.8 Å². The van der Waals surface area contributed by atoms with Crippen LogP contribution in [-0.2, 0) is 6.42 Å². The molecule has 106 valence electrons. The lowest BCUT2D eigenvalue weighted by molar-refractivity contribution is 0.213. The average Bonchev–Trinajstić information content (AvgIpc) is 3.03. The number of aliphatic hydroxyl groups excluding tert-OH is 1. The summed E-state index contributed by atoms with van der Waals surface area (Å²) in [5.41, 5.74) is 2.16. The number of aliphatic hydroxyl groups is 1. The van der Waals surface area contributed by atoms with E-state index in [1.54, 1.807) is 6.33 Å². The van der Waals surface area contributed by atoms with Crippen molar-refractivity contribution < 1.29 is 5.11 Å². The molecular weight excluding hydrogens is 252 g/mol. The van der Waals surface area contributed by atoms with Gasteiger partial charge in [-0.05, 0) is 42.6 Å². The highest BCUT2D eigenvalue weighted by Crippen LogP contribution is 2.56. The summed E-state index contributed by atoms with van der Waals surface area (Å²) in [4.78, 5) is 12.0. The van der Waals surface area contributed by atoms with E-state index in [2.05, 4.69) is 27.2 Å². The molecule has 2 aliphatic rings. The molecule has 0 radical (unpaired) electrons. The lowest BCUT2D eigenvalue weighted by Gasteiger charge is -2.17. The van der Waals surface area contributed by atoms with Crippen molar-refractivity contribution in [1.29, 1.82) is 0 Å². The van der Waals surface area contributed by atoms with Crippen molar-refractivity contribution in [3.05, 3.63) is 18.1 Å². The number of fused-ring (bicyclic) bond motifs is 2. The number of aromatic nitrogens is 3. The van der Waals surface area contributed by atoms with E-state index in [4.69, 9.17) is 0 Å². The highest BCUT2D eigenvalue weighted by atomic mass is 16.3. The van der Waals surface area contributed by atoms with Crippen molar-refractivity contribution in [2.24, 2.45) is 17.8 Å². The fourth-order valence-electron chi connectivity index (χ4n) is 3.88. The summed E-state index contributed by atoms with van der Waals surface area (Å²) in [5.74, 6) is 2.88. The zero-order valence-corrected chi connectivity index (χ0v) is 11.6. The van der Waals surface area contributed by atoms with Crippen LogP contribution in [0.1, 0.15) is 25.3 Å². The van der Waals surface area contributed by atoms with E-state index in [1.807, 2.05) is 6.20 Å². The minimum absolute atomic E-state index is 0.322. The van der Waals surface area contributed by atoms with Gasteiger partial charge in [-0.15, -0.1) is 0 Å². The Bertz CT molecular complexity index is 638. The van der Waals surface area contributed by atoms with Gasteiger partial charge >= 0.3 is 0 Å². The van der Waals surface area contributed by atoms with Gasteiger partial charge in [0.15, 0.2) is 0 Å². The normalized spacial score (nSPS) is 31.5. The molecule has 0 amide bonds. The van der Waals surface area contributed by atoms with E-state index >= 15 is 0 Å². The molecule has 0 bridgehead atoms. The van der Waals surface area contributed by atoms with Crippen LogP contribution < -0.4 is 5.32 Å². The second kappa shape index (κ2) is 4.45. The Morgan fingerprint density at radius 3 is 3.00 bits per heavy atom. The molecule has 4 atom stereocenters. The SMILES string of the molecule is CCc1c[nH]c2ncnc(N[C@H]3C[C@@H](CO)[C@@H]4C[C@@H]43)c12. The molecule has 0 unspecified atom stereocenters. The zero-order chi connectivity index (χ0) is 13.7. The molecule has 0 spiro atoms. The zero-order valence-electron chi connectivity index (χ0n) is 11.6. The van der Waals surface area contributed by atoms with Gasteiger partial charge in [-0.3, -0.25) is 0 Å². The third-order valence-electron chi connectivity index (χ3n) is 5.06. The van der Waals surface area contributed by atoms with Crippen LogP contribution in [0.3, 0.4) is 0 Å². The predicted octanol–water partition coefficient (Wildman–Crippen LogP) is 1.95. The van der Waals surface area contributed by atoms with Crippen molar-refractivity contribution in [2.75, 3.05) is 11.9 Å². The molecule has 4 rings (SSSR count). The van der Waals surface area contributed by atoms with Gasteiger partial charge in [0.25, 0.3) is 0 Å². The van der Waals surface area contributed by atoms with E-state index in [0.717, 1.165) is 41.5 Å². The molecule has 2 aromatic heterocycles. The van der Waals surface area contributed by atoms with Gasteiger partial charge in [-0.1, -0.05) is 6.92 Å². The number of aromatic amines is 1. The highest BCUT2D eigenvalue weighted by Gasteiger charge is 2.53. The molecule has 20 heavy (non-hydrogen) atoms. The summed E-state index contributed by atoms with van der Waals surface area (Å²) < 4.78 is 0. The number of aryl methyl sites for hydroxylation is 1. The maximum atomic E-state index is 9.41. The summed E-state index contributed by atoms with van der Waals surface area (Å²) in [6, 6.07) is 0.454. The third kappa shape index (κ3) is 1.73. The minimum Gasteiger partial charge on any atom is -0.396 e. The fourth-order valence-corrected chi connectivity index (χ4v) is 3.88. The van der Waals surface area contributed by atoms with E-state index in [0.29, 0.717) is 18.6 Å². The van der Waals surface area contributed by atoms with Crippen molar-refractivity contribution in [3.8, 4) is 0 Å². The second-order valence-electron chi connectivity index (χ2n) is 6.11. The van der Waals surface area contributed by atoms with Gasteiger partial charge in [-0.2, -0.15) is 0 Å². The molecule has 2 aromatic rings. The van der Waals surface area contributed by atoms with Crippen LogP contribution in [0.15, 0.2) is 12.5 Å². The first kappa shape index (κ1) is 12.1. The smallest absolute Gasteiger partial charge is 0.143 e. The van der Waals surface area contributed by atoms with E-state index in [-0.39, 0.29) is 0 Å². The van der Waals surface area contributed by atoms with E-state index in [1.165, 1.54) is 12.0 Å². The molecule has 5 heteroatoms. The Morgan fingerprint density at radius 2 is 2.25 bits per heavy atom. The number of rotatable bonds is 4. The van der Waals surface area contributed by atoms with Crippen LogP contribution in [0.5, 0.6) is 0 Å². The fraction of sp³-hybridized carbons (Fsp3) is 0.600. The highest BCUT2D eigenvalue weighted by molar-refractivity contribution is 5.90. The third-order valence-corrected chi connectivity index (χ3v) is 5.06. The van der Waals surface area contributed by atoms with Gasteiger partial charge < -0.3 is 15.4 Å². The van der Waals surface area contributed by atoms with Gasteiger partial charge in [0.05, 0.1) is 5.39 Å². The average molecular weight is 272 g/mol. The maximum Gasteiger partial charge on any atom is 0.143 e. The second-order valence-corrected chi connectivity index (χ2v) is 6.11. The lowest BCUT2D eigenvalue weighted by Crippen LogP contribution is -2.22. The molecule has 2 aliphatic carbocycles. The Labute approximate surface area is 117 Å². The van der Waals surface area contributed by atoms with E-state index in [9.17, 15) is 5.11 Å². The minimum atomic E-state index is 0.322. The van der Waals surface area contributed by atoms with Gasteiger partial charge in [-0.25, -0.2) is 9.97 Å². The van der Waals surface area contributed by atoms with Crippen LogP contribution >= 0.6 is 0 Å². The van der Waals surface area contributed by atoms with Crippen molar-refractivity contribution in [2.45, 2.75) is 32.2 Å². The van der Waals surface area contributed by atoms with Gasteiger partial charge in [0, 0.05) is 18.8 Å². The molecule has 0 saturated heterocycles. The van der Waals surface area contributed by atoms with Crippen molar-refractivity contribution in [3.63, 3.8) is 0 Å². The maximum absolute atomic E-state index is 9.41. The quantitative estimate of drug-likeness (QED) is 0.795. The molecule has 2 fully saturated rings. The summed E-state index contributed by atoms with van der Waals surface area (Å²) in [7, 11) is 0. The monoisotopic (exact) mass is 272 g/mol. The largest absolute Gasteiger partial charge is 0.396 e. The number of hydrogen-bond acceptors (Lipinski definition) is 4. The summed E-state index contributed by atoms with van der Waals surface area (Å²) in [6.45, 7) is 2.47. The summed E-state index contributed by atoms with van der Waals surface area (Å²) >= 11 is 0. The Morgan fingerprint density at radius 1 is 1.35 bits per heavy atom. The number of nitrogens with zero attached hydrogens (tertiary/aromatic N) is 2. The molecule has 2 heterocycles. The van der Waals surface area contributed by atoms with Crippen molar-refractivity contribution in [1.82, 2.24) is 15.0 Å². The Hall–Kier alpha value is -1.62. The molecule has 0 aromatic carbocycles. The number of H-pyrrole nitrogens is 1. The molecule has 5 nitrogen and oxygen atoms in total. The number of anilines is 1. The van der Waals surface area contributed by atoms with Gasteiger partial charge in [0.2, 0.25) is 0 Å². The van der Waals surface area contributed by atoms with Crippen LogP contribution in [0, 0.1) is 17.8 Å². The predicted molar refractivity (Wildman–Crippen MR) is 77.5 cm³/mol. The van der Waals surface area contributed by atoms with Crippen LogP contribution in [0.2, 0.25) is 0 Å². The first-order valence-corrected chi connectivity index (χ1v) is 7.50. The summed E-state index contributed by atoms with van der Waals surface area (Å²) in [6.07, 6.45) is 6.92. The number of nitrogens with one attached hydrogen (secondary N) is 2. The Balaban J connectivity index is 1.64. The van der Waals surface area contributed by atoms with Crippen molar-refractivity contribution >= 4 is 16.9 Å². The van der Waals surface area contributed by atoms with Crippen LogP contribution in [0.25, 0.3) is 11.0 Å². The lowest BCUT2D eigenvalue weighted by atomic mass is 10.0. The first-order valence-electron chi connectivity index (χ1n) is 7.50. The van der Waals surface area contributed by atoms with Gasteiger partial charge in [0.1, 0.15) is 17.8 Å². The molecule has 2 saturated carbocycles. The molecular formula is C15H20N4O. The standard InChI is InChI=1S/C15H20N4O/c1-2-8-5-16-14-13(8)15(18-7-17-14)19-12-3-9(6-20)10-4-11(10)12/h5,7,9-12,20H,2-4,6H2,1H3,(H2,16,17,18,19)/t9-,10-,11-,12-/m0/s1. The van der Waals surface area contributed by atoms with Crippen LogP contribution in [0.4, 0.5) is 5.82 Å². The Kier molecular flexibility index (Phi) is 2.70. The first-order chi connectivity index (χ1) is 9.81.